The van der Waals surface area contributed by atoms with E-state index in [4.69, 9.17) is 4.98 Å². The molecule has 2 aromatic carbocycles. The van der Waals surface area contributed by atoms with E-state index in [2.05, 4.69) is 11.4 Å². The van der Waals surface area contributed by atoms with Crippen molar-refractivity contribution in [1.29, 1.82) is 0 Å². The van der Waals surface area contributed by atoms with E-state index in [-0.39, 0.29) is 24.4 Å². The first-order valence-electron chi connectivity index (χ1n) is 9.83. The largest absolute Gasteiger partial charge is 0.341 e. The minimum absolute atomic E-state index is 0.0187. The number of piperidine rings is 1. The highest BCUT2D eigenvalue weighted by Gasteiger charge is 2.27. The number of nitrogens with one attached hydrogen (secondary N) is 1. The number of benzene rings is 2. The number of carbonyl (C=O) groups is 1. The number of rotatable bonds is 5. The van der Waals surface area contributed by atoms with E-state index in [0.717, 1.165) is 36.0 Å². The van der Waals surface area contributed by atoms with Crippen molar-refractivity contribution >= 4 is 27.5 Å². The number of hydrogen-bond acceptors (Lipinski definition) is 4. The number of para-hydroxylation sites is 1. The van der Waals surface area contributed by atoms with Gasteiger partial charge in [-0.15, -0.1) is 11.3 Å². The zero-order chi connectivity index (χ0) is 20.4. The van der Waals surface area contributed by atoms with Crippen LogP contribution >= 0.6 is 11.3 Å². The van der Waals surface area contributed by atoms with Crippen molar-refractivity contribution in [2.75, 3.05) is 19.6 Å². The lowest BCUT2D eigenvalue weighted by molar-refractivity contribution is -0.131. The first-order valence-corrected chi connectivity index (χ1v) is 10.6. The smallest absolute Gasteiger partial charge is 0.236 e. The summed E-state index contributed by atoms with van der Waals surface area (Å²) in [6, 6.07) is 11.7. The molecule has 7 heteroatoms. The Balaban J connectivity index is 1.36. The van der Waals surface area contributed by atoms with Gasteiger partial charge in [0.25, 0.3) is 0 Å². The van der Waals surface area contributed by atoms with E-state index in [1.807, 2.05) is 30.0 Å². The number of nitrogens with zero attached hydrogens (tertiary/aromatic N) is 2. The van der Waals surface area contributed by atoms with E-state index in [0.29, 0.717) is 12.1 Å². The SMILES string of the molecule is C[C@H](NCC(=O)N1CCC[C@H](c2nc3ccccc3s2)C1)c1ccc(F)c(F)c1. The number of amides is 1. The van der Waals surface area contributed by atoms with Gasteiger partial charge in [-0.3, -0.25) is 4.79 Å². The molecule has 1 aromatic heterocycles. The fourth-order valence-electron chi connectivity index (χ4n) is 3.72. The third-order valence-electron chi connectivity index (χ3n) is 5.44. The number of fused-ring (bicyclic) bond motifs is 1. The Hall–Kier alpha value is -2.38. The van der Waals surface area contributed by atoms with Gasteiger partial charge in [0.1, 0.15) is 0 Å². The summed E-state index contributed by atoms with van der Waals surface area (Å²) in [5.74, 6) is -1.47. The monoisotopic (exact) mass is 415 g/mol. The van der Waals surface area contributed by atoms with Crippen molar-refractivity contribution in [3.8, 4) is 0 Å². The first-order chi connectivity index (χ1) is 14.0. The predicted octanol–water partition coefficient (Wildman–Crippen LogP) is 4.63. The normalized spacial score (nSPS) is 18.2. The minimum atomic E-state index is -0.878. The summed E-state index contributed by atoms with van der Waals surface area (Å²) in [6.07, 6.45) is 1.98. The van der Waals surface area contributed by atoms with Crippen LogP contribution < -0.4 is 5.32 Å². The molecule has 0 saturated carbocycles. The molecule has 1 saturated heterocycles. The van der Waals surface area contributed by atoms with Gasteiger partial charge in [-0.05, 0) is 49.6 Å². The molecule has 29 heavy (non-hydrogen) atoms. The topological polar surface area (TPSA) is 45.2 Å². The first kappa shape index (κ1) is 19.9. The number of thiazole rings is 1. The van der Waals surface area contributed by atoms with Crippen LogP contribution in [-0.4, -0.2) is 35.4 Å². The molecule has 0 aliphatic carbocycles. The van der Waals surface area contributed by atoms with E-state index in [9.17, 15) is 13.6 Å². The van der Waals surface area contributed by atoms with Crippen molar-refractivity contribution in [3.05, 3.63) is 64.7 Å². The fourth-order valence-corrected chi connectivity index (χ4v) is 4.81. The second kappa shape index (κ2) is 8.55. The van der Waals surface area contributed by atoms with E-state index in [1.54, 1.807) is 11.3 Å². The number of aromatic nitrogens is 1. The maximum Gasteiger partial charge on any atom is 0.236 e. The minimum Gasteiger partial charge on any atom is -0.341 e. The number of hydrogen-bond donors (Lipinski definition) is 1. The van der Waals surface area contributed by atoms with Crippen LogP contribution in [0.3, 0.4) is 0 Å². The van der Waals surface area contributed by atoms with E-state index < -0.39 is 11.6 Å². The molecule has 152 valence electrons. The molecule has 2 atom stereocenters. The molecule has 4 rings (SSSR count). The van der Waals surface area contributed by atoms with Gasteiger partial charge in [0.15, 0.2) is 11.6 Å². The van der Waals surface area contributed by atoms with Gasteiger partial charge in [-0.25, -0.2) is 13.8 Å². The molecule has 1 N–H and O–H groups in total. The summed E-state index contributed by atoms with van der Waals surface area (Å²) < 4.78 is 27.7. The molecule has 2 heterocycles. The molecule has 3 aromatic rings. The second-order valence-corrected chi connectivity index (χ2v) is 8.54. The third kappa shape index (κ3) is 4.46. The molecule has 0 unspecified atom stereocenters. The Labute approximate surface area is 172 Å². The Kier molecular flexibility index (Phi) is 5.87. The van der Waals surface area contributed by atoms with Gasteiger partial charge < -0.3 is 10.2 Å². The number of likely N-dealkylation sites (tertiary alicyclic amines) is 1. The molecular weight excluding hydrogens is 392 g/mol. The summed E-state index contributed by atoms with van der Waals surface area (Å²) in [6.45, 7) is 3.40. The molecule has 1 aliphatic rings. The van der Waals surface area contributed by atoms with Crippen LogP contribution in [0.15, 0.2) is 42.5 Å². The summed E-state index contributed by atoms with van der Waals surface area (Å²) in [5, 5.41) is 4.22. The highest BCUT2D eigenvalue weighted by Crippen LogP contribution is 2.33. The number of halogens is 2. The van der Waals surface area contributed by atoms with Crippen molar-refractivity contribution < 1.29 is 13.6 Å². The molecule has 0 bridgehead atoms. The molecule has 0 radical (unpaired) electrons. The quantitative estimate of drug-likeness (QED) is 0.661. The zero-order valence-electron chi connectivity index (χ0n) is 16.2. The second-order valence-electron chi connectivity index (χ2n) is 7.47. The van der Waals surface area contributed by atoms with Gasteiger partial charge in [0.2, 0.25) is 5.91 Å². The van der Waals surface area contributed by atoms with Crippen molar-refractivity contribution in [2.45, 2.75) is 31.7 Å². The Bertz CT molecular complexity index is 989. The molecule has 0 spiro atoms. The van der Waals surface area contributed by atoms with Crippen molar-refractivity contribution in [2.24, 2.45) is 0 Å². The highest BCUT2D eigenvalue weighted by atomic mass is 32.1. The predicted molar refractivity (Wildman–Crippen MR) is 111 cm³/mol. The lowest BCUT2D eigenvalue weighted by Crippen LogP contribution is -2.43. The van der Waals surface area contributed by atoms with E-state index in [1.165, 1.54) is 16.8 Å². The van der Waals surface area contributed by atoms with Crippen LogP contribution in [-0.2, 0) is 4.79 Å². The maximum atomic E-state index is 13.4. The maximum absolute atomic E-state index is 13.4. The fraction of sp³-hybridized carbons (Fsp3) is 0.364. The highest BCUT2D eigenvalue weighted by molar-refractivity contribution is 7.18. The van der Waals surface area contributed by atoms with Crippen LogP contribution in [0, 0.1) is 11.6 Å². The third-order valence-corrected chi connectivity index (χ3v) is 6.64. The molecule has 1 amide bonds. The van der Waals surface area contributed by atoms with Gasteiger partial charge >= 0.3 is 0 Å². The van der Waals surface area contributed by atoms with Crippen LogP contribution in [0.5, 0.6) is 0 Å². The summed E-state index contributed by atoms with van der Waals surface area (Å²) in [4.78, 5) is 19.4. The lowest BCUT2D eigenvalue weighted by atomic mass is 9.98. The average Bonchev–Trinajstić information content (AvgIpc) is 3.18. The lowest BCUT2D eigenvalue weighted by Gasteiger charge is -2.32. The Morgan fingerprint density at radius 2 is 2.10 bits per heavy atom. The Morgan fingerprint density at radius 3 is 2.90 bits per heavy atom. The van der Waals surface area contributed by atoms with Gasteiger partial charge in [0, 0.05) is 25.0 Å². The van der Waals surface area contributed by atoms with Crippen LogP contribution in [0.25, 0.3) is 10.2 Å². The van der Waals surface area contributed by atoms with Gasteiger partial charge in [-0.1, -0.05) is 18.2 Å². The van der Waals surface area contributed by atoms with Crippen molar-refractivity contribution in [1.82, 2.24) is 15.2 Å². The van der Waals surface area contributed by atoms with Crippen LogP contribution in [0.2, 0.25) is 0 Å². The summed E-state index contributed by atoms with van der Waals surface area (Å²) in [7, 11) is 0. The molecule has 1 aliphatic heterocycles. The van der Waals surface area contributed by atoms with Crippen LogP contribution in [0.4, 0.5) is 8.78 Å². The Morgan fingerprint density at radius 1 is 1.28 bits per heavy atom. The molecule has 4 nitrogen and oxygen atoms in total. The average molecular weight is 416 g/mol. The molecule has 1 fully saturated rings. The standard InChI is InChI=1S/C22H23F2N3OS/c1-14(15-8-9-17(23)18(24)11-15)25-12-21(28)27-10-4-5-16(13-27)22-26-19-6-2-3-7-20(19)29-22/h2-3,6-9,11,14,16,25H,4-5,10,12-13H2,1H3/t14-,16-/m0/s1. The molecular formula is C22H23F2N3OS. The van der Waals surface area contributed by atoms with Crippen molar-refractivity contribution in [3.63, 3.8) is 0 Å². The van der Waals surface area contributed by atoms with Gasteiger partial charge in [-0.2, -0.15) is 0 Å². The number of carbonyl (C=O) groups excluding carboxylic acids is 1. The van der Waals surface area contributed by atoms with E-state index >= 15 is 0 Å². The van der Waals surface area contributed by atoms with Crippen LogP contribution in [0.1, 0.15) is 42.3 Å². The zero-order valence-corrected chi connectivity index (χ0v) is 17.0. The summed E-state index contributed by atoms with van der Waals surface area (Å²) >= 11 is 1.70. The summed E-state index contributed by atoms with van der Waals surface area (Å²) in [5.41, 5.74) is 1.63. The van der Waals surface area contributed by atoms with Gasteiger partial charge in [0.05, 0.1) is 21.8 Å².